The fourth-order valence-electron chi connectivity index (χ4n) is 1.99. The first-order valence-electron chi connectivity index (χ1n) is 6.07. The van der Waals surface area contributed by atoms with Gasteiger partial charge in [0.15, 0.2) is 0 Å². The van der Waals surface area contributed by atoms with Gasteiger partial charge in [0.2, 0.25) is 0 Å². The van der Waals surface area contributed by atoms with Crippen LogP contribution >= 0.6 is 0 Å². The average Bonchev–Trinajstić information content (AvgIpc) is 2.36. The van der Waals surface area contributed by atoms with Crippen molar-refractivity contribution in [3.8, 4) is 0 Å². The van der Waals surface area contributed by atoms with E-state index in [2.05, 4.69) is 5.32 Å². The number of hydrogen-bond acceptors (Lipinski definition) is 1. The van der Waals surface area contributed by atoms with Crippen LogP contribution in [-0.4, -0.2) is 19.2 Å². The Morgan fingerprint density at radius 1 is 1.21 bits per heavy atom. The summed E-state index contributed by atoms with van der Waals surface area (Å²) in [6.07, 6.45) is -2.98. The monoisotopic (exact) mass is 276 g/mol. The molecule has 1 aromatic carbocycles. The Balaban J connectivity index is 1.96. The van der Waals surface area contributed by atoms with Crippen LogP contribution in [0, 0.1) is 5.82 Å². The van der Waals surface area contributed by atoms with Gasteiger partial charge < -0.3 is 4.74 Å². The summed E-state index contributed by atoms with van der Waals surface area (Å²) in [5.74, 6) is -1.26. The first-order valence-corrected chi connectivity index (χ1v) is 6.07. The minimum atomic E-state index is -4.66. The Hall–Kier alpha value is -1.14. The number of alkyl halides is 3. The van der Waals surface area contributed by atoms with Crippen LogP contribution in [0.25, 0.3) is 0 Å². The molecule has 1 aromatic rings. The summed E-state index contributed by atoms with van der Waals surface area (Å²) < 4.78 is 56.0. The normalized spacial score (nSPS) is 17.7. The van der Waals surface area contributed by atoms with Crippen LogP contribution in [-0.2, 0) is 17.5 Å². The number of rotatable bonds is 3. The lowest BCUT2D eigenvalue weighted by Gasteiger charge is -2.22. The molecule has 1 fully saturated rings. The molecule has 1 radical (unpaired) electrons. The van der Waals surface area contributed by atoms with Gasteiger partial charge in [0.1, 0.15) is 5.82 Å². The molecule has 0 atom stereocenters. The zero-order chi connectivity index (χ0) is 13.9. The highest BCUT2D eigenvalue weighted by molar-refractivity contribution is 5.26. The first-order chi connectivity index (χ1) is 8.97. The second-order valence-corrected chi connectivity index (χ2v) is 4.49. The number of halogens is 4. The van der Waals surface area contributed by atoms with Crippen LogP contribution in [0.3, 0.4) is 0 Å². The van der Waals surface area contributed by atoms with Gasteiger partial charge in [0, 0.05) is 13.1 Å². The van der Waals surface area contributed by atoms with E-state index in [-0.39, 0.29) is 12.7 Å². The molecule has 2 nitrogen and oxygen atoms in total. The number of ether oxygens (including phenoxy) is 1. The molecule has 2 rings (SSSR count). The highest BCUT2D eigenvalue weighted by Gasteiger charge is 2.33. The second-order valence-electron chi connectivity index (χ2n) is 4.49. The number of hydrogen-bond donors (Lipinski definition) is 0. The third-order valence-corrected chi connectivity index (χ3v) is 3.04. The van der Waals surface area contributed by atoms with Crippen molar-refractivity contribution in [3.05, 3.63) is 35.1 Å². The van der Waals surface area contributed by atoms with Crippen molar-refractivity contribution in [1.82, 2.24) is 5.32 Å². The van der Waals surface area contributed by atoms with Gasteiger partial charge in [-0.1, -0.05) is 6.07 Å². The summed E-state index contributed by atoms with van der Waals surface area (Å²) >= 11 is 0. The number of piperidine rings is 1. The highest BCUT2D eigenvalue weighted by atomic mass is 19.4. The zero-order valence-corrected chi connectivity index (χ0v) is 10.2. The van der Waals surface area contributed by atoms with Gasteiger partial charge in [0.25, 0.3) is 0 Å². The standard InChI is InChI=1S/C13H14F4NO/c14-12-7-9(1-2-11(12)13(15,16)17)8-19-10-3-5-18-6-4-10/h1-2,7,10H,3-6,8H2. The molecule has 19 heavy (non-hydrogen) atoms. The van der Waals surface area contributed by atoms with Gasteiger partial charge in [-0.2, -0.15) is 13.2 Å². The van der Waals surface area contributed by atoms with Gasteiger partial charge >= 0.3 is 6.18 Å². The Bertz CT molecular complexity index is 427. The summed E-state index contributed by atoms with van der Waals surface area (Å²) in [6.45, 7) is 1.61. The van der Waals surface area contributed by atoms with Crippen LogP contribution in [0.1, 0.15) is 24.0 Å². The number of nitrogens with zero attached hydrogens (tertiary/aromatic N) is 1. The molecule has 0 N–H and O–H groups in total. The summed E-state index contributed by atoms with van der Waals surface area (Å²) in [5.41, 5.74) is -0.833. The maximum absolute atomic E-state index is 13.3. The average molecular weight is 276 g/mol. The van der Waals surface area contributed by atoms with Crippen molar-refractivity contribution in [2.24, 2.45) is 0 Å². The van der Waals surface area contributed by atoms with Gasteiger partial charge in [-0.3, -0.25) is 0 Å². The van der Waals surface area contributed by atoms with E-state index in [1.165, 1.54) is 6.07 Å². The van der Waals surface area contributed by atoms with E-state index in [0.29, 0.717) is 5.56 Å². The lowest BCUT2D eigenvalue weighted by Crippen LogP contribution is -2.28. The van der Waals surface area contributed by atoms with Crippen LogP contribution in [0.15, 0.2) is 18.2 Å². The van der Waals surface area contributed by atoms with Crippen molar-refractivity contribution >= 4 is 0 Å². The Kier molecular flexibility index (Phi) is 4.42. The van der Waals surface area contributed by atoms with E-state index in [0.717, 1.165) is 38.1 Å². The Morgan fingerprint density at radius 3 is 2.47 bits per heavy atom. The van der Waals surface area contributed by atoms with Gasteiger partial charge in [-0.15, -0.1) is 0 Å². The maximum atomic E-state index is 13.3. The third-order valence-electron chi connectivity index (χ3n) is 3.04. The SMILES string of the molecule is Fc1cc(COC2CC[N]CC2)ccc1C(F)(F)F. The molecule has 0 unspecified atom stereocenters. The predicted octanol–water partition coefficient (Wildman–Crippen LogP) is 3.13. The molecule has 0 spiro atoms. The topological polar surface area (TPSA) is 23.3 Å². The van der Waals surface area contributed by atoms with Crippen LogP contribution in [0.2, 0.25) is 0 Å². The molecule has 105 valence electrons. The molecule has 6 heteroatoms. The van der Waals surface area contributed by atoms with Crippen molar-refractivity contribution < 1.29 is 22.3 Å². The van der Waals surface area contributed by atoms with Crippen molar-refractivity contribution in [2.45, 2.75) is 31.7 Å². The first kappa shape index (κ1) is 14.3. The lowest BCUT2D eigenvalue weighted by atomic mass is 10.1. The molecule has 0 amide bonds. The molecule has 0 saturated carbocycles. The molecule has 1 aliphatic heterocycles. The fraction of sp³-hybridized carbons (Fsp3) is 0.538. The van der Waals surface area contributed by atoms with Crippen LogP contribution < -0.4 is 5.32 Å². The van der Waals surface area contributed by atoms with Crippen LogP contribution in [0.5, 0.6) is 0 Å². The molecule has 1 heterocycles. The molecular formula is C13H14F4NO. The van der Waals surface area contributed by atoms with E-state index < -0.39 is 17.6 Å². The van der Waals surface area contributed by atoms with E-state index in [1.54, 1.807) is 0 Å². The smallest absolute Gasteiger partial charge is 0.373 e. The molecule has 1 aliphatic rings. The Morgan fingerprint density at radius 2 is 1.89 bits per heavy atom. The van der Waals surface area contributed by atoms with Crippen LogP contribution in [0.4, 0.5) is 17.6 Å². The lowest BCUT2D eigenvalue weighted by molar-refractivity contribution is -0.140. The van der Waals surface area contributed by atoms with Crippen molar-refractivity contribution in [2.75, 3.05) is 13.1 Å². The zero-order valence-electron chi connectivity index (χ0n) is 10.2. The fourth-order valence-corrected chi connectivity index (χ4v) is 1.99. The molecule has 0 aliphatic carbocycles. The largest absolute Gasteiger partial charge is 0.419 e. The highest BCUT2D eigenvalue weighted by Crippen LogP contribution is 2.31. The minimum absolute atomic E-state index is 0.0582. The van der Waals surface area contributed by atoms with E-state index in [9.17, 15) is 17.6 Å². The van der Waals surface area contributed by atoms with E-state index in [4.69, 9.17) is 4.74 Å². The quantitative estimate of drug-likeness (QED) is 0.778. The van der Waals surface area contributed by atoms with Gasteiger partial charge in [-0.25, -0.2) is 9.71 Å². The van der Waals surface area contributed by atoms with E-state index in [1.807, 2.05) is 0 Å². The van der Waals surface area contributed by atoms with E-state index >= 15 is 0 Å². The summed E-state index contributed by atoms with van der Waals surface area (Å²) in [7, 11) is 0. The number of benzene rings is 1. The molecule has 0 bridgehead atoms. The summed E-state index contributed by atoms with van der Waals surface area (Å²) in [6, 6.07) is 2.89. The van der Waals surface area contributed by atoms with Gasteiger partial charge in [-0.05, 0) is 30.5 Å². The molecule has 1 saturated heterocycles. The van der Waals surface area contributed by atoms with Gasteiger partial charge in [0.05, 0.1) is 18.3 Å². The third kappa shape index (κ3) is 3.91. The maximum Gasteiger partial charge on any atom is 0.419 e. The molecular weight excluding hydrogens is 262 g/mol. The summed E-state index contributed by atoms with van der Waals surface area (Å²) in [4.78, 5) is 0. The Labute approximate surface area is 108 Å². The van der Waals surface area contributed by atoms with Crippen molar-refractivity contribution in [1.29, 1.82) is 0 Å². The minimum Gasteiger partial charge on any atom is -0.373 e. The molecule has 0 aromatic heterocycles. The predicted molar refractivity (Wildman–Crippen MR) is 61.1 cm³/mol. The second kappa shape index (κ2) is 5.88. The van der Waals surface area contributed by atoms with Crippen molar-refractivity contribution in [3.63, 3.8) is 0 Å². The summed E-state index contributed by atoms with van der Waals surface area (Å²) in [5, 5.41) is 4.17.